The Morgan fingerprint density at radius 2 is 2.00 bits per heavy atom. The number of nitriles is 1. The number of halogens is 4. The summed E-state index contributed by atoms with van der Waals surface area (Å²) < 4.78 is 58.1. The number of carboxylic acid groups (broad SMARTS) is 1. The first kappa shape index (κ1) is 21.9. The lowest BCUT2D eigenvalue weighted by Crippen LogP contribution is -2.31. The quantitative estimate of drug-likeness (QED) is 0.551. The number of benzene rings is 2. The zero-order valence-corrected chi connectivity index (χ0v) is 15.6. The number of ether oxygens (including phenoxy) is 1. The summed E-state index contributed by atoms with van der Waals surface area (Å²) in [6.07, 6.45) is -4.72. The third kappa shape index (κ3) is 5.55. The zero-order chi connectivity index (χ0) is 21.8. The van der Waals surface area contributed by atoms with Crippen LogP contribution in [0.15, 0.2) is 36.4 Å². The molecule has 0 aliphatic heterocycles. The summed E-state index contributed by atoms with van der Waals surface area (Å²) in [6, 6.07) is 8.15. The van der Waals surface area contributed by atoms with E-state index in [-0.39, 0.29) is 22.2 Å². The van der Waals surface area contributed by atoms with Gasteiger partial charge in [0.25, 0.3) is 0 Å². The molecule has 0 unspecified atom stereocenters. The lowest BCUT2D eigenvalue weighted by Gasteiger charge is -2.22. The molecule has 0 aromatic heterocycles. The zero-order valence-electron chi connectivity index (χ0n) is 14.7. The van der Waals surface area contributed by atoms with Gasteiger partial charge in [0.05, 0.1) is 17.2 Å². The summed E-state index contributed by atoms with van der Waals surface area (Å²) in [5.41, 5.74) is -1.38. The summed E-state index contributed by atoms with van der Waals surface area (Å²) >= 11 is 5.14. The number of carbonyl (C=O) groups is 1. The van der Waals surface area contributed by atoms with Crippen LogP contribution < -0.4 is 15.0 Å². The van der Waals surface area contributed by atoms with E-state index in [2.05, 4.69) is 5.32 Å². The molecule has 11 heteroatoms. The fourth-order valence-electron chi connectivity index (χ4n) is 2.23. The van der Waals surface area contributed by atoms with Gasteiger partial charge in [0.2, 0.25) is 0 Å². The largest absolute Gasteiger partial charge is 0.479 e. The van der Waals surface area contributed by atoms with Crippen molar-refractivity contribution in [1.82, 2.24) is 0 Å². The number of carboxylic acids is 1. The van der Waals surface area contributed by atoms with Crippen molar-refractivity contribution < 1.29 is 32.2 Å². The van der Waals surface area contributed by atoms with Crippen LogP contribution in [0, 0.1) is 17.1 Å². The molecule has 0 saturated carbocycles. The van der Waals surface area contributed by atoms with Gasteiger partial charge in [-0.15, -0.1) is 0 Å². The van der Waals surface area contributed by atoms with Crippen LogP contribution in [0.4, 0.5) is 28.9 Å². The Hall–Kier alpha value is -3.39. The molecule has 152 valence electrons. The highest BCUT2D eigenvalue weighted by Crippen LogP contribution is 2.34. The Morgan fingerprint density at radius 3 is 2.55 bits per heavy atom. The van der Waals surface area contributed by atoms with E-state index in [1.165, 1.54) is 36.2 Å². The molecule has 0 radical (unpaired) electrons. The monoisotopic (exact) mass is 427 g/mol. The standard InChI is InChI=1S/C18H13F4N3O3S/c1-25(12-4-2-10(8-23)13(7-12)18(20,21)22)17(29)24-11-3-5-15(14(19)6-11)28-9-16(26)27/h2-7H,9H2,1H3,(H,24,29)(H,26,27). The molecule has 0 fully saturated rings. The molecule has 6 nitrogen and oxygen atoms in total. The van der Waals surface area contributed by atoms with E-state index in [0.29, 0.717) is 0 Å². The number of aliphatic carboxylic acids is 1. The fourth-order valence-corrected chi connectivity index (χ4v) is 2.46. The number of thiocarbonyl (C=S) groups is 1. The van der Waals surface area contributed by atoms with E-state index >= 15 is 0 Å². The van der Waals surface area contributed by atoms with Gasteiger partial charge < -0.3 is 20.1 Å². The Labute approximate surface area is 167 Å². The van der Waals surface area contributed by atoms with Gasteiger partial charge >= 0.3 is 12.1 Å². The lowest BCUT2D eigenvalue weighted by molar-refractivity contribution is -0.139. The molecule has 0 atom stereocenters. The Morgan fingerprint density at radius 1 is 1.31 bits per heavy atom. The van der Waals surface area contributed by atoms with Gasteiger partial charge in [0, 0.05) is 24.5 Å². The number of anilines is 2. The van der Waals surface area contributed by atoms with Gasteiger partial charge in [-0.25, -0.2) is 9.18 Å². The molecule has 0 saturated heterocycles. The van der Waals surface area contributed by atoms with Crippen molar-refractivity contribution in [1.29, 1.82) is 5.26 Å². The minimum atomic E-state index is -4.72. The van der Waals surface area contributed by atoms with Crippen LogP contribution in [0.2, 0.25) is 0 Å². The van der Waals surface area contributed by atoms with Gasteiger partial charge in [-0.3, -0.25) is 0 Å². The molecule has 0 spiro atoms. The Balaban J connectivity index is 2.18. The smallest absolute Gasteiger partial charge is 0.417 e. The summed E-state index contributed by atoms with van der Waals surface area (Å²) in [4.78, 5) is 11.7. The minimum Gasteiger partial charge on any atom is -0.479 e. The van der Waals surface area contributed by atoms with Gasteiger partial charge in [0.1, 0.15) is 0 Å². The maximum Gasteiger partial charge on any atom is 0.417 e. The fraction of sp³-hybridized carbons (Fsp3) is 0.167. The highest BCUT2D eigenvalue weighted by atomic mass is 32.1. The maximum absolute atomic E-state index is 14.0. The van der Waals surface area contributed by atoms with E-state index in [1.54, 1.807) is 0 Å². The van der Waals surface area contributed by atoms with Crippen molar-refractivity contribution in [2.24, 2.45) is 0 Å². The second-order valence-corrected chi connectivity index (χ2v) is 6.04. The SMILES string of the molecule is CN(C(=S)Nc1ccc(OCC(=O)O)c(F)c1)c1ccc(C#N)c(C(F)(F)F)c1. The number of nitrogens with zero attached hydrogens (tertiary/aromatic N) is 2. The topological polar surface area (TPSA) is 85.6 Å². The van der Waals surface area contributed by atoms with Crippen molar-refractivity contribution in [3.63, 3.8) is 0 Å². The van der Waals surface area contributed by atoms with E-state index < -0.39 is 35.7 Å². The molecule has 0 bridgehead atoms. The molecule has 2 aromatic rings. The van der Waals surface area contributed by atoms with Crippen molar-refractivity contribution in [2.45, 2.75) is 6.18 Å². The number of alkyl halides is 3. The molecule has 2 aromatic carbocycles. The third-order valence-corrected chi connectivity index (χ3v) is 4.03. The number of hydrogen-bond acceptors (Lipinski definition) is 4. The van der Waals surface area contributed by atoms with Crippen LogP contribution in [0.25, 0.3) is 0 Å². The summed E-state index contributed by atoms with van der Waals surface area (Å²) in [7, 11) is 1.40. The first-order valence-corrected chi connectivity index (χ1v) is 8.24. The van der Waals surface area contributed by atoms with Crippen LogP contribution in [-0.2, 0) is 11.0 Å². The lowest BCUT2D eigenvalue weighted by atomic mass is 10.1. The highest BCUT2D eigenvalue weighted by molar-refractivity contribution is 7.80. The van der Waals surface area contributed by atoms with Crippen LogP contribution in [0.1, 0.15) is 11.1 Å². The molecule has 2 N–H and O–H groups in total. The van der Waals surface area contributed by atoms with Crippen molar-refractivity contribution in [3.8, 4) is 11.8 Å². The van der Waals surface area contributed by atoms with Crippen LogP contribution in [0.5, 0.6) is 5.75 Å². The molecule has 0 aliphatic rings. The number of nitrogens with one attached hydrogen (secondary N) is 1. The second kappa shape index (κ2) is 8.74. The Bertz CT molecular complexity index is 989. The van der Waals surface area contributed by atoms with Gasteiger partial charge in [-0.2, -0.15) is 18.4 Å². The molecule has 0 heterocycles. The second-order valence-electron chi connectivity index (χ2n) is 5.66. The van der Waals surface area contributed by atoms with Crippen LogP contribution >= 0.6 is 12.2 Å². The maximum atomic E-state index is 14.0. The molecule has 0 aliphatic carbocycles. The average molecular weight is 427 g/mol. The number of rotatable bonds is 5. The first-order valence-electron chi connectivity index (χ1n) is 7.83. The van der Waals surface area contributed by atoms with Crippen molar-refractivity contribution >= 4 is 34.7 Å². The van der Waals surface area contributed by atoms with Gasteiger partial charge in [0.15, 0.2) is 23.3 Å². The van der Waals surface area contributed by atoms with Crippen molar-refractivity contribution in [3.05, 3.63) is 53.3 Å². The van der Waals surface area contributed by atoms with Crippen molar-refractivity contribution in [2.75, 3.05) is 23.9 Å². The first-order chi connectivity index (χ1) is 13.5. The summed E-state index contributed by atoms with van der Waals surface area (Å²) in [5, 5.41) is 20.0. The summed E-state index contributed by atoms with van der Waals surface area (Å²) in [5.74, 6) is -2.39. The Kier molecular flexibility index (Phi) is 6.60. The van der Waals surface area contributed by atoms with Crippen LogP contribution in [0.3, 0.4) is 0 Å². The van der Waals surface area contributed by atoms with Crippen LogP contribution in [-0.4, -0.2) is 29.8 Å². The minimum absolute atomic E-state index is 0.0403. The average Bonchev–Trinajstić information content (AvgIpc) is 2.65. The van der Waals surface area contributed by atoms with E-state index in [1.807, 2.05) is 0 Å². The van der Waals surface area contributed by atoms with Gasteiger partial charge in [-0.05, 0) is 42.5 Å². The van der Waals surface area contributed by atoms with E-state index in [0.717, 1.165) is 18.2 Å². The molecule has 29 heavy (non-hydrogen) atoms. The van der Waals surface area contributed by atoms with E-state index in [9.17, 15) is 22.4 Å². The molecular formula is C18H13F4N3O3S. The predicted octanol–water partition coefficient (Wildman–Crippen LogP) is 4.01. The summed E-state index contributed by atoms with van der Waals surface area (Å²) in [6.45, 7) is -0.717. The van der Waals surface area contributed by atoms with E-state index in [4.69, 9.17) is 27.3 Å². The highest BCUT2D eigenvalue weighted by Gasteiger charge is 2.34. The normalized spacial score (nSPS) is 10.8. The number of hydrogen-bond donors (Lipinski definition) is 2. The molecule has 0 amide bonds. The third-order valence-electron chi connectivity index (χ3n) is 3.66. The molecular weight excluding hydrogens is 414 g/mol. The van der Waals surface area contributed by atoms with Gasteiger partial charge in [-0.1, -0.05) is 0 Å². The molecule has 2 rings (SSSR count). The predicted molar refractivity (Wildman–Crippen MR) is 100 cm³/mol.